The molecule has 0 bridgehead atoms. The highest BCUT2D eigenvalue weighted by atomic mass is 35.5. The van der Waals surface area contributed by atoms with Gasteiger partial charge < -0.3 is 15.5 Å². The maximum atomic E-state index is 12.4. The van der Waals surface area contributed by atoms with E-state index in [2.05, 4.69) is 15.6 Å². The van der Waals surface area contributed by atoms with Gasteiger partial charge in [-0.15, -0.1) is 0 Å². The summed E-state index contributed by atoms with van der Waals surface area (Å²) in [5.74, 6) is -0.222. The van der Waals surface area contributed by atoms with Crippen LogP contribution in [0.5, 0.6) is 0 Å². The Bertz CT molecular complexity index is 795. The number of nitrogens with zero attached hydrogens (tertiary/aromatic N) is 2. The lowest BCUT2D eigenvalue weighted by atomic mass is 10.1. The number of pyridine rings is 1. The van der Waals surface area contributed by atoms with Gasteiger partial charge in [-0.1, -0.05) is 18.5 Å². The molecule has 26 heavy (non-hydrogen) atoms. The van der Waals surface area contributed by atoms with E-state index in [4.69, 9.17) is 11.6 Å². The van der Waals surface area contributed by atoms with Crippen molar-refractivity contribution in [2.24, 2.45) is 0 Å². The van der Waals surface area contributed by atoms with E-state index in [0.29, 0.717) is 29.4 Å². The van der Waals surface area contributed by atoms with Crippen molar-refractivity contribution in [2.75, 3.05) is 18.9 Å². The molecule has 0 aliphatic rings. The number of halogens is 1. The zero-order chi connectivity index (χ0) is 19.1. The zero-order valence-corrected chi connectivity index (χ0v) is 15.9. The standard InChI is InChI=1S/C19H23ClN4O2/c1-4-8-22-18(25)16-6-5-15(10-17(16)20)23-19(26)24(3)12-14-7-9-21-11-13(14)2/h5-7,9-11H,4,8,12H2,1-3H3,(H,22,25)(H,23,26). The third kappa shape index (κ3) is 5.20. The van der Waals surface area contributed by atoms with Crippen LogP contribution in [0, 0.1) is 6.92 Å². The summed E-state index contributed by atoms with van der Waals surface area (Å²) in [5.41, 5.74) is 2.97. The van der Waals surface area contributed by atoms with Crippen molar-refractivity contribution in [3.63, 3.8) is 0 Å². The van der Waals surface area contributed by atoms with E-state index < -0.39 is 0 Å². The molecule has 2 N–H and O–H groups in total. The molecule has 0 saturated carbocycles. The molecule has 2 aromatic rings. The van der Waals surface area contributed by atoms with Gasteiger partial charge in [-0.05, 0) is 48.7 Å². The maximum Gasteiger partial charge on any atom is 0.321 e. The summed E-state index contributed by atoms with van der Waals surface area (Å²) in [4.78, 5) is 30.0. The molecular formula is C19H23ClN4O2. The summed E-state index contributed by atoms with van der Waals surface area (Å²) in [6.07, 6.45) is 4.32. The van der Waals surface area contributed by atoms with E-state index in [0.717, 1.165) is 17.5 Å². The molecular weight excluding hydrogens is 352 g/mol. The summed E-state index contributed by atoms with van der Waals surface area (Å²) in [6, 6.07) is 6.47. The zero-order valence-electron chi connectivity index (χ0n) is 15.2. The number of aromatic nitrogens is 1. The van der Waals surface area contributed by atoms with Crippen LogP contribution in [-0.4, -0.2) is 35.4 Å². The van der Waals surface area contributed by atoms with Crippen molar-refractivity contribution in [2.45, 2.75) is 26.8 Å². The summed E-state index contributed by atoms with van der Waals surface area (Å²) in [5, 5.41) is 5.86. The molecule has 0 radical (unpaired) electrons. The van der Waals surface area contributed by atoms with Crippen molar-refractivity contribution in [1.29, 1.82) is 0 Å². The molecule has 3 amide bonds. The number of hydrogen-bond acceptors (Lipinski definition) is 3. The lowest BCUT2D eigenvalue weighted by Gasteiger charge is -2.19. The highest BCUT2D eigenvalue weighted by molar-refractivity contribution is 6.34. The SMILES string of the molecule is CCCNC(=O)c1ccc(NC(=O)N(C)Cc2ccncc2C)cc1Cl. The smallest absolute Gasteiger partial charge is 0.321 e. The summed E-state index contributed by atoms with van der Waals surface area (Å²) in [7, 11) is 1.71. The van der Waals surface area contributed by atoms with Gasteiger partial charge in [0.05, 0.1) is 10.6 Å². The second kappa shape index (κ2) is 9.20. The van der Waals surface area contributed by atoms with Crippen molar-refractivity contribution in [3.8, 4) is 0 Å². The third-order valence-electron chi connectivity index (χ3n) is 3.89. The monoisotopic (exact) mass is 374 g/mol. The molecule has 0 fully saturated rings. The topological polar surface area (TPSA) is 74.3 Å². The van der Waals surface area contributed by atoms with Gasteiger partial charge in [-0.3, -0.25) is 9.78 Å². The largest absolute Gasteiger partial charge is 0.352 e. The number of benzene rings is 1. The van der Waals surface area contributed by atoms with Crippen molar-refractivity contribution in [1.82, 2.24) is 15.2 Å². The maximum absolute atomic E-state index is 12.4. The summed E-state index contributed by atoms with van der Waals surface area (Å²) < 4.78 is 0. The number of amides is 3. The molecule has 1 aromatic carbocycles. The highest BCUT2D eigenvalue weighted by Crippen LogP contribution is 2.21. The second-order valence-electron chi connectivity index (χ2n) is 6.04. The Morgan fingerprint density at radius 2 is 2.04 bits per heavy atom. The van der Waals surface area contributed by atoms with Gasteiger partial charge in [0.1, 0.15) is 0 Å². The van der Waals surface area contributed by atoms with Gasteiger partial charge in [0.15, 0.2) is 0 Å². The molecule has 6 nitrogen and oxygen atoms in total. The lowest BCUT2D eigenvalue weighted by molar-refractivity contribution is 0.0954. The molecule has 0 spiro atoms. The van der Waals surface area contributed by atoms with E-state index in [-0.39, 0.29) is 11.9 Å². The van der Waals surface area contributed by atoms with Crippen LogP contribution in [-0.2, 0) is 6.54 Å². The van der Waals surface area contributed by atoms with Gasteiger partial charge >= 0.3 is 6.03 Å². The molecule has 7 heteroatoms. The van der Waals surface area contributed by atoms with Gasteiger partial charge in [0.2, 0.25) is 0 Å². The van der Waals surface area contributed by atoms with Crippen molar-refractivity contribution in [3.05, 3.63) is 58.4 Å². The predicted molar refractivity (Wildman–Crippen MR) is 104 cm³/mol. The molecule has 0 saturated heterocycles. The van der Waals surface area contributed by atoms with E-state index in [1.165, 1.54) is 0 Å². The van der Waals surface area contributed by atoms with Gasteiger partial charge in [-0.25, -0.2) is 4.79 Å². The van der Waals surface area contributed by atoms with Crippen molar-refractivity contribution < 1.29 is 9.59 Å². The van der Waals surface area contributed by atoms with E-state index in [9.17, 15) is 9.59 Å². The van der Waals surface area contributed by atoms with Crippen LogP contribution in [0.2, 0.25) is 5.02 Å². The van der Waals surface area contributed by atoms with E-state index >= 15 is 0 Å². The number of hydrogen-bond donors (Lipinski definition) is 2. The molecule has 1 heterocycles. The number of carbonyl (C=O) groups is 2. The minimum atomic E-state index is -0.263. The first-order valence-corrected chi connectivity index (χ1v) is 8.79. The number of aryl methyl sites for hydroxylation is 1. The number of urea groups is 1. The van der Waals surface area contributed by atoms with Crippen LogP contribution in [0.25, 0.3) is 0 Å². The normalized spacial score (nSPS) is 10.3. The van der Waals surface area contributed by atoms with Crippen LogP contribution in [0.4, 0.5) is 10.5 Å². The van der Waals surface area contributed by atoms with Crippen LogP contribution < -0.4 is 10.6 Å². The Morgan fingerprint density at radius 1 is 1.27 bits per heavy atom. The van der Waals surface area contributed by atoms with E-state index in [1.54, 1.807) is 42.5 Å². The molecule has 2 rings (SSSR count). The molecule has 0 aliphatic heterocycles. The highest BCUT2D eigenvalue weighted by Gasteiger charge is 2.14. The Labute approximate surface area is 158 Å². The van der Waals surface area contributed by atoms with Crippen LogP contribution in [0.1, 0.15) is 34.8 Å². The minimum absolute atomic E-state index is 0.222. The first-order chi connectivity index (χ1) is 12.4. The first-order valence-electron chi connectivity index (χ1n) is 8.41. The average Bonchev–Trinajstić information content (AvgIpc) is 2.61. The van der Waals surface area contributed by atoms with Crippen LogP contribution >= 0.6 is 11.6 Å². The summed E-state index contributed by atoms with van der Waals surface area (Å²) >= 11 is 6.18. The summed E-state index contributed by atoms with van der Waals surface area (Å²) in [6.45, 7) is 4.99. The Hall–Kier alpha value is -2.60. The first kappa shape index (κ1) is 19.7. The average molecular weight is 375 g/mol. The fourth-order valence-corrected chi connectivity index (χ4v) is 2.60. The number of carbonyl (C=O) groups excluding carboxylic acids is 2. The molecule has 138 valence electrons. The van der Waals surface area contributed by atoms with Crippen LogP contribution in [0.3, 0.4) is 0 Å². The Morgan fingerprint density at radius 3 is 2.69 bits per heavy atom. The fourth-order valence-electron chi connectivity index (χ4n) is 2.34. The third-order valence-corrected chi connectivity index (χ3v) is 4.20. The quantitative estimate of drug-likeness (QED) is 0.806. The van der Waals surface area contributed by atoms with Gasteiger partial charge in [0.25, 0.3) is 5.91 Å². The number of rotatable bonds is 6. The molecule has 1 aromatic heterocycles. The van der Waals surface area contributed by atoms with Gasteiger partial charge in [-0.2, -0.15) is 0 Å². The predicted octanol–water partition coefficient (Wildman–Crippen LogP) is 3.85. The van der Waals surface area contributed by atoms with Crippen molar-refractivity contribution >= 4 is 29.2 Å². The second-order valence-corrected chi connectivity index (χ2v) is 6.45. The Balaban J connectivity index is 2.01. The Kier molecular flexibility index (Phi) is 6.97. The molecule has 0 aliphatic carbocycles. The molecule has 0 atom stereocenters. The minimum Gasteiger partial charge on any atom is -0.352 e. The number of anilines is 1. The number of nitrogens with one attached hydrogen (secondary N) is 2. The fraction of sp³-hybridized carbons (Fsp3) is 0.316. The van der Waals surface area contributed by atoms with Crippen LogP contribution in [0.15, 0.2) is 36.7 Å². The molecule has 0 unspecified atom stereocenters. The van der Waals surface area contributed by atoms with E-state index in [1.807, 2.05) is 19.9 Å². The van der Waals surface area contributed by atoms with Gasteiger partial charge in [0, 0.05) is 38.2 Å². The lowest BCUT2D eigenvalue weighted by Crippen LogP contribution is -2.31.